The van der Waals surface area contributed by atoms with E-state index in [0.717, 1.165) is 11.8 Å². The van der Waals surface area contributed by atoms with Gasteiger partial charge in [0.2, 0.25) is 0 Å². The number of ketones is 1. The second-order valence-corrected chi connectivity index (χ2v) is 6.11. The molecule has 0 aliphatic heterocycles. The van der Waals surface area contributed by atoms with E-state index in [1.807, 2.05) is 0 Å². The van der Waals surface area contributed by atoms with Gasteiger partial charge in [-0.25, -0.2) is 4.39 Å². The van der Waals surface area contributed by atoms with Crippen molar-refractivity contribution in [3.05, 3.63) is 46.2 Å². The van der Waals surface area contributed by atoms with E-state index in [4.69, 9.17) is 17.3 Å². The predicted octanol–water partition coefficient (Wildman–Crippen LogP) is 5.06. The molecule has 0 bridgehead atoms. The lowest BCUT2D eigenvalue weighted by Crippen LogP contribution is -1.99. The Kier molecular flexibility index (Phi) is 4.88. The molecule has 2 aromatic carbocycles. The second-order valence-electron chi connectivity index (χ2n) is 4.68. The van der Waals surface area contributed by atoms with Crippen molar-refractivity contribution in [1.82, 2.24) is 0 Å². The Morgan fingerprint density at radius 2 is 2.05 bits per heavy atom. The Bertz CT molecular complexity index is 777. The number of Topliss-reactive ketones (excluding diaryl/α,β-unsaturated/α-hetero) is 1. The molecule has 0 spiro atoms. The average molecular weight is 337 g/mol. The van der Waals surface area contributed by atoms with Crippen LogP contribution in [0.5, 0.6) is 0 Å². The fraction of sp³-hybridized carbons (Fsp3) is 0.125. The second kappa shape index (κ2) is 6.50. The molecule has 2 rings (SSSR count). The number of carbonyl (C=O) groups is 1. The molecule has 2 aromatic rings. The monoisotopic (exact) mass is 336 g/mol. The molecule has 2 N–H and O–H groups in total. The molecule has 0 saturated heterocycles. The van der Waals surface area contributed by atoms with Crippen molar-refractivity contribution >= 4 is 47.2 Å². The van der Waals surface area contributed by atoms with Gasteiger partial charge in [0.05, 0.1) is 21.3 Å². The van der Waals surface area contributed by atoms with Gasteiger partial charge in [-0.05, 0) is 50.4 Å². The Balaban J connectivity index is 2.57. The summed E-state index contributed by atoms with van der Waals surface area (Å²) in [6.45, 7) is 6.70. The Hall–Kier alpha value is -1.85. The number of rotatable bonds is 4. The quantitative estimate of drug-likeness (QED) is 0.482. The number of nitrogens with two attached hydrogens (primary N) is 1. The molecule has 0 saturated carbocycles. The molecule has 0 aromatic heterocycles. The summed E-state index contributed by atoms with van der Waals surface area (Å²) in [5, 5.41) is 0.166. The first-order valence-electron chi connectivity index (χ1n) is 6.39. The number of halogens is 2. The van der Waals surface area contributed by atoms with E-state index in [1.54, 1.807) is 19.1 Å². The van der Waals surface area contributed by atoms with Gasteiger partial charge in [0, 0.05) is 10.5 Å². The highest BCUT2D eigenvalue weighted by Gasteiger charge is 2.17. The Labute approximate surface area is 137 Å². The zero-order valence-electron chi connectivity index (χ0n) is 12.1. The molecule has 0 heterocycles. The molecule has 0 amide bonds. The van der Waals surface area contributed by atoms with E-state index in [-0.39, 0.29) is 15.7 Å². The number of hydrogen-bond donors (Lipinski definition) is 1. The number of aliphatic imine (C=N–C) groups is 1. The minimum Gasteiger partial charge on any atom is -0.397 e. The number of benzene rings is 2. The van der Waals surface area contributed by atoms with Crippen molar-refractivity contribution in [2.75, 3.05) is 5.73 Å². The molecule has 114 valence electrons. The minimum absolute atomic E-state index is 0.124. The first kappa shape index (κ1) is 16.5. The zero-order chi connectivity index (χ0) is 16.4. The maximum Gasteiger partial charge on any atom is 0.162 e. The zero-order valence-corrected chi connectivity index (χ0v) is 13.7. The van der Waals surface area contributed by atoms with Gasteiger partial charge >= 0.3 is 0 Å². The van der Waals surface area contributed by atoms with Crippen LogP contribution in [0.25, 0.3) is 0 Å². The third-order valence-corrected chi connectivity index (χ3v) is 4.99. The standard InChI is InChI=1S/C16H14ClFN2OS/c1-8-13(7-6-12(20-3)14(8)9(2)21)22-16-10(18)4-5-11(19)15(16)17/h4-7H,3,19H2,1-2H3. The van der Waals surface area contributed by atoms with Crippen molar-refractivity contribution in [2.24, 2.45) is 4.99 Å². The molecular weight excluding hydrogens is 323 g/mol. The summed E-state index contributed by atoms with van der Waals surface area (Å²) in [5.41, 5.74) is 7.71. The van der Waals surface area contributed by atoms with Gasteiger partial charge in [-0.3, -0.25) is 9.79 Å². The molecule has 0 aliphatic rings. The summed E-state index contributed by atoms with van der Waals surface area (Å²) in [6, 6.07) is 6.12. The first-order chi connectivity index (χ1) is 10.4. The summed E-state index contributed by atoms with van der Waals surface area (Å²) in [7, 11) is 0. The summed E-state index contributed by atoms with van der Waals surface area (Å²) < 4.78 is 14.0. The van der Waals surface area contributed by atoms with Crippen LogP contribution in [-0.4, -0.2) is 12.5 Å². The predicted molar refractivity (Wildman–Crippen MR) is 90.3 cm³/mol. The van der Waals surface area contributed by atoms with Crippen LogP contribution in [-0.2, 0) is 0 Å². The maximum absolute atomic E-state index is 14.0. The molecule has 0 unspecified atom stereocenters. The van der Waals surface area contributed by atoms with Crippen LogP contribution in [0.2, 0.25) is 5.02 Å². The fourth-order valence-electron chi connectivity index (χ4n) is 2.12. The molecule has 3 nitrogen and oxygen atoms in total. The average Bonchev–Trinajstić information content (AvgIpc) is 2.48. The highest BCUT2D eigenvalue weighted by atomic mass is 35.5. The minimum atomic E-state index is -0.459. The summed E-state index contributed by atoms with van der Waals surface area (Å²) >= 11 is 7.21. The van der Waals surface area contributed by atoms with Crippen LogP contribution < -0.4 is 5.73 Å². The lowest BCUT2D eigenvalue weighted by atomic mass is 10.0. The van der Waals surface area contributed by atoms with E-state index in [1.165, 1.54) is 19.1 Å². The molecule has 22 heavy (non-hydrogen) atoms. The summed E-state index contributed by atoms with van der Waals surface area (Å²) in [5.74, 6) is -0.583. The normalized spacial score (nSPS) is 10.5. The van der Waals surface area contributed by atoms with E-state index in [2.05, 4.69) is 11.7 Å². The lowest BCUT2D eigenvalue weighted by molar-refractivity contribution is 0.101. The van der Waals surface area contributed by atoms with Crippen molar-refractivity contribution in [3.63, 3.8) is 0 Å². The van der Waals surface area contributed by atoms with Crippen LogP contribution in [0, 0.1) is 12.7 Å². The molecule has 6 heteroatoms. The highest BCUT2D eigenvalue weighted by molar-refractivity contribution is 7.99. The highest BCUT2D eigenvalue weighted by Crippen LogP contribution is 2.41. The molecule has 0 aliphatic carbocycles. The van der Waals surface area contributed by atoms with E-state index >= 15 is 0 Å². The summed E-state index contributed by atoms with van der Waals surface area (Å²) in [6.07, 6.45) is 0. The fourth-order valence-corrected chi connectivity index (χ4v) is 3.37. The van der Waals surface area contributed by atoms with Crippen LogP contribution in [0.1, 0.15) is 22.8 Å². The topological polar surface area (TPSA) is 55.4 Å². The largest absolute Gasteiger partial charge is 0.397 e. The summed E-state index contributed by atoms with van der Waals surface area (Å²) in [4.78, 5) is 16.6. The third kappa shape index (κ3) is 3.00. The molecular formula is C16H14ClFN2OS. The Morgan fingerprint density at radius 1 is 1.36 bits per heavy atom. The van der Waals surface area contributed by atoms with Crippen LogP contribution in [0.3, 0.4) is 0 Å². The number of carbonyl (C=O) groups excluding carboxylic acids is 1. The van der Waals surface area contributed by atoms with Crippen LogP contribution in [0.4, 0.5) is 15.8 Å². The maximum atomic E-state index is 14.0. The molecule has 0 fully saturated rings. The number of nitrogens with zero attached hydrogens (tertiary/aromatic N) is 1. The number of anilines is 1. The molecule has 0 radical (unpaired) electrons. The van der Waals surface area contributed by atoms with Crippen LogP contribution in [0.15, 0.2) is 39.0 Å². The Morgan fingerprint density at radius 3 is 2.64 bits per heavy atom. The van der Waals surface area contributed by atoms with Gasteiger partial charge in [-0.2, -0.15) is 0 Å². The lowest BCUT2D eigenvalue weighted by Gasteiger charge is -2.13. The SMILES string of the molecule is C=Nc1ccc(Sc2c(F)ccc(N)c2Cl)c(C)c1C(C)=O. The van der Waals surface area contributed by atoms with Gasteiger partial charge in [0.15, 0.2) is 5.78 Å². The third-order valence-electron chi connectivity index (χ3n) is 3.21. The van der Waals surface area contributed by atoms with Crippen molar-refractivity contribution in [3.8, 4) is 0 Å². The van der Waals surface area contributed by atoms with E-state index in [9.17, 15) is 9.18 Å². The van der Waals surface area contributed by atoms with Gasteiger partial charge in [-0.1, -0.05) is 23.4 Å². The number of nitrogen functional groups attached to an aromatic ring is 1. The van der Waals surface area contributed by atoms with E-state index < -0.39 is 5.82 Å². The van der Waals surface area contributed by atoms with Crippen molar-refractivity contribution < 1.29 is 9.18 Å². The first-order valence-corrected chi connectivity index (χ1v) is 7.58. The van der Waals surface area contributed by atoms with E-state index in [0.29, 0.717) is 27.4 Å². The molecule has 0 atom stereocenters. The van der Waals surface area contributed by atoms with Gasteiger partial charge < -0.3 is 5.73 Å². The van der Waals surface area contributed by atoms with Gasteiger partial charge in [-0.15, -0.1) is 0 Å². The van der Waals surface area contributed by atoms with Gasteiger partial charge in [0.25, 0.3) is 0 Å². The van der Waals surface area contributed by atoms with Gasteiger partial charge in [0.1, 0.15) is 5.82 Å². The smallest absolute Gasteiger partial charge is 0.162 e. The van der Waals surface area contributed by atoms with Crippen molar-refractivity contribution in [2.45, 2.75) is 23.6 Å². The van der Waals surface area contributed by atoms with Crippen LogP contribution >= 0.6 is 23.4 Å². The number of hydrogen-bond acceptors (Lipinski definition) is 4. The van der Waals surface area contributed by atoms with Crippen molar-refractivity contribution in [1.29, 1.82) is 0 Å².